The van der Waals surface area contributed by atoms with Crippen molar-refractivity contribution in [3.05, 3.63) is 47.0 Å². The van der Waals surface area contributed by atoms with Crippen LogP contribution in [0.5, 0.6) is 11.5 Å². The highest BCUT2D eigenvalue weighted by Gasteiger charge is 2.40. The van der Waals surface area contributed by atoms with Crippen LogP contribution in [0.2, 0.25) is 0 Å². The van der Waals surface area contributed by atoms with E-state index in [0.717, 1.165) is 30.3 Å². The fourth-order valence-corrected chi connectivity index (χ4v) is 4.12. The van der Waals surface area contributed by atoms with E-state index in [1.54, 1.807) is 14.2 Å². The van der Waals surface area contributed by atoms with Gasteiger partial charge in [0.2, 0.25) is 0 Å². The first-order valence-electron chi connectivity index (χ1n) is 8.48. The number of benzene rings is 1. The van der Waals surface area contributed by atoms with Crippen molar-refractivity contribution in [3.63, 3.8) is 0 Å². The monoisotopic (exact) mass is 325 g/mol. The Bertz CT molecular complexity index is 762. The molecule has 1 fully saturated rings. The zero-order valence-corrected chi connectivity index (χ0v) is 14.5. The van der Waals surface area contributed by atoms with Crippen molar-refractivity contribution in [3.8, 4) is 11.5 Å². The van der Waals surface area contributed by atoms with Crippen molar-refractivity contribution >= 4 is 0 Å². The third kappa shape index (κ3) is 2.53. The van der Waals surface area contributed by atoms with Gasteiger partial charge in [0.1, 0.15) is 17.3 Å². The number of hydrogen-bond acceptors (Lipinski definition) is 5. The van der Waals surface area contributed by atoms with Crippen molar-refractivity contribution in [2.24, 2.45) is 0 Å². The first-order valence-corrected chi connectivity index (χ1v) is 8.48. The summed E-state index contributed by atoms with van der Waals surface area (Å²) in [5.74, 6) is 2.66. The maximum Gasteiger partial charge on any atom is 0.125 e. The van der Waals surface area contributed by atoms with Crippen LogP contribution in [0, 0.1) is 6.92 Å². The second-order valence-corrected chi connectivity index (χ2v) is 6.62. The molecule has 2 atom stereocenters. The number of fused-ring (bicyclic) bond motifs is 4. The van der Waals surface area contributed by atoms with Crippen LogP contribution in [-0.4, -0.2) is 35.1 Å². The average molecular weight is 325 g/mol. The van der Waals surface area contributed by atoms with Gasteiger partial charge in [-0.05, 0) is 38.0 Å². The molecule has 4 rings (SSSR count). The van der Waals surface area contributed by atoms with Crippen LogP contribution in [0.15, 0.2) is 24.4 Å². The number of ether oxygens (including phenoxy) is 2. The summed E-state index contributed by atoms with van der Waals surface area (Å²) < 4.78 is 10.9. The summed E-state index contributed by atoms with van der Waals surface area (Å²) in [7, 11) is 3.42. The lowest BCUT2D eigenvalue weighted by Gasteiger charge is -2.36. The molecule has 3 heterocycles. The Hall–Kier alpha value is -2.14. The predicted octanol–water partition coefficient (Wildman–Crippen LogP) is 3.06. The van der Waals surface area contributed by atoms with Gasteiger partial charge in [-0.1, -0.05) is 0 Å². The van der Waals surface area contributed by atoms with Gasteiger partial charge < -0.3 is 9.47 Å². The summed E-state index contributed by atoms with van der Waals surface area (Å²) in [4.78, 5) is 11.7. The minimum absolute atomic E-state index is 0.412. The summed E-state index contributed by atoms with van der Waals surface area (Å²) in [6.07, 6.45) is 5.43. The molecule has 24 heavy (non-hydrogen) atoms. The van der Waals surface area contributed by atoms with Crippen LogP contribution in [0.25, 0.3) is 0 Å². The molecule has 0 spiro atoms. The molecule has 1 saturated heterocycles. The van der Waals surface area contributed by atoms with E-state index in [9.17, 15) is 0 Å². The molecule has 5 nitrogen and oxygen atoms in total. The third-order valence-corrected chi connectivity index (χ3v) is 5.29. The van der Waals surface area contributed by atoms with E-state index < -0.39 is 0 Å². The molecule has 1 aromatic heterocycles. The maximum absolute atomic E-state index is 5.56. The highest BCUT2D eigenvalue weighted by molar-refractivity contribution is 5.41. The van der Waals surface area contributed by atoms with Crippen LogP contribution in [0.3, 0.4) is 0 Å². The van der Waals surface area contributed by atoms with Crippen molar-refractivity contribution in [1.82, 2.24) is 14.9 Å². The van der Waals surface area contributed by atoms with Crippen molar-refractivity contribution < 1.29 is 9.47 Å². The standard InChI is InChI=1S/C19H23N3O2/c1-12-20-10-16-17(21-12)9-14-4-6-18(16)22(14)11-13-8-15(23-2)5-7-19(13)24-3/h5,7-8,10,14,18H,4,6,9,11H2,1-3H3/t14-,18+/m0/s1. The van der Waals surface area contributed by atoms with Gasteiger partial charge in [-0.15, -0.1) is 0 Å². The molecule has 0 saturated carbocycles. The van der Waals surface area contributed by atoms with Gasteiger partial charge in [-0.3, -0.25) is 4.90 Å². The fourth-order valence-electron chi connectivity index (χ4n) is 4.12. The Labute approximate surface area is 142 Å². The molecule has 2 aromatic rings. The number of aromatic nitrogens is 2. The number of rotatable bonds is 4. The number of nitrogens with zero attached hydrogens (tertiary/aromatic N) is 3. The largest absolute Gasteiger partial charge is 0.497 e. The van der Waals surface area contributed by atoms with Crippen LogP contribution < -0.4 is 9.47 Å². The van der Waals surface area contributed by atoms with E-state index in [0.29, 0.717) is 12.1 Å². The molecule has 126 valence electrons. The molecule has 0 radical (unpaired) electrons. The van der Waals surface area contributed by atoms with Crippen molar-refractivity contribution in [1.29, 1.82) is 0 Å². The molecule has 2 aliphatic heterocycles. The maximum atomic E-state index is 5.56. The predicted molar refractivity (Wildman–Crippen MR) is 91.3 cm³/mol. The minimum atomic E-state index is 0.412. The van der Waals surface area contributed by atoms with Crippen LogP contribution in [-0.2, 0) is 13.0 Å². The summed E-state index contributed by atoms with van der Waals surface area (Å²) >= 11 is 0. The molecule has 0 aliphatic carbocycles. The fraction of sp³-hybridized carbons (Fsp3) is 0.474. The van der Waals surface area contributed by atoms with Gasteiger partial charge in [0.05, 0.1) is 19.9 Å². The Morgan fingerprint density at radius 3 is 2.88 bits per heavy atom. The van der Waals surface area contributed by atoms with Crippen LogP contribution in [0.1, 0.15) is 41.5 Å². The lowest BCUT2D eigenvalue weighted by atomic mass is 9.98. The third-order valence-electron chi connectivity index (χ3n) is 5.29. The quantitative estimate of drug-likeness (QED) is 0.864. The smallest absolute Gasteiger partial charge is 0.125 e. The van der Waals surface area contributed by atoms with E-state index in [1.165, 1.54) is 29.7 Å². The number of aryl methyl sites for hydroxylation is 1. The number of methoxy groups -OCH3 is 2. The van der Waals surface area contributed by atoms with E-state index in [4.69, 9.17) is 9.47 Å². The van der Waals surface area contributed by atoms with E-state index >= 15 is 0 Å². The highest BCUT2D eigenvalue weighted by atomic mass is 16.5. The molecule has 5 heteroatoms. The lowest BCUT2D eigenvalue weighted by Crippen LogP contribution is -2.37. The second kappa shape index (κ2) is 6.06. The first-order chi connectivity index (χ1) is 11.7. The average Bonchev–Trinajstić information content (AvgIpc) is 2.87. The van der Waals surface area contributed by atoms with Crippen molar-refractivity contribution in [2.45, 2.75) is 44.8 Å². The number of hydrogen-bond donors (Lipinski definition) is 0. The van der Waals surface area contributed by atoms with Gasteiger partial charge in [0.15, 0.2) is 0 Å². The van der Waals surface area contributed by atoms with Gasteiger partial charge >= 0.3 is 0 Å². The molecule has 0 N–H and O–H groups in total. The highest BCUT2D eigenvalue weighted by Crippen LogP contribution is 2.44. The first kappa shape index (κ1) is 15.4. The minimum Gasteiger partial charge on any atom is -0.497 e. The molecule has 2 bridgehead atoms. The zero-order chi connectivity index (χ0) is 16.7. The summed E-state index contributed by atoms with van der Waals surface area (Å²) in [6, 6.07) is 6.97. The van der Waals surface area contributed by atoms with Gasteiger partial charge in [-0.25, -0.2) is 9.97 Å². The second-order valence-electron chi connectivity index (χ2n) is 6.62. The van der Waals surface area contributed by atoms with Crippen LogP contribution >= 0.6 is 0 Å². The summed E-state index contributed by atoms with van der Waals surface area (Å²) in [6.45, 7) is 2.83. The summed E-state index contributed by atoms with van der Waals surface area (Å²) in [5, 5.41) is 0. The Morgan fingerprint density at radius 1 is 1.21 bits per heavy atom. The van der Waals surface area contributed by atoms with Gasteiger partial charge in [0, 0.05) is 42.4 Å². The molecule has 1 aromatic carbocycles. The molecule has 0 amide bonds. The Morgan fingerprint density at radius 2 is 2.08 bits per heavy atom. The zero-order valence-electron chi connectivity index (χ0n) is 14.5. The SMILES string of the molecule is COc1ccc(OC)c(CN2[C@H]3CC[C@@H]2c2cnc(C)nc2C3)c1. The topological polar surface area (TPSA) is 47.5 Å². The van der Waals surface area contributed by atoms with E-state index in [2.05, 4.69) is 20.9 Å². The molecule has 0 unspecified atom stereocenters. The molecule has 2 aliphatic rings. The van der Waals surface area contributed by atoms with E-state index in [-0.39, 0.29) is 0 Å². The lowest BCUT2D eigenvalue weighted by molar-refractivity contribution is 0.164. The van der Waals surface area contributed by atoms with Crippen LogP contribution in [0.4, 0.5) is 0 Å². The summed E-state index contributed by atoms with van der Waals surface area (Å²) in [5.41, 5.74) is 3.71. The van der Waals surface area contributed by atoms with E-state index in [1.807, 2.05) is 25.3 Å². The normalized spacial score (nSPS) is 22.3. The Kier molecular flexibility index (Phi) is 3.88. The Balaban J connectivity index is 1.66. The molecular weight excluding hydrogens is 302 g/mol. The molecular formula is C19H23N3O2. The van der Waals surface area contributed by atoms with Gasteiger partial charge in [0.25, 0.3) is 0 Å². The van der Waals surface area contributed by atoms with Crippen molar-refractivity contribution in [2.75, 3.05) is 14.2 Å². The van der Waals surface area contributed by atoms with Gasteiger partial charge in [-0.2, -0.15) is 0 Å².